The van der Waals surface area contributed by atoms with Crippen LogP contribution in [0.1, 0.15) is 39.0 Å². The molecule has 0 atom stereocenters. The van der Waals surface area contributed by atoms with Crippen LogP contribution in [0.4, 0.5) is 0 Å². The van der Waals surface area contributed by atoms with Crippen LogP contribution in [-0.4, -0.2) is 22.6 Å². The van der Waals surface area contributed by atoms with Crippen LogP contribution < -0.4 is 0 Å². The van der Waals surface area contributed by atoms with Gasteiger partial charge in [0.2, 0.25) is 0 Å². The lowest BCUT2D eigenvalue weighted by molar-refractivity contribution is -0.155. The first kappa shape index (κ1) is 11.8. The molecule has 1 N–H and O–H groups in total. The normalized spacial score (nSPS) is 20.1. The number of carbonyl (C=O) groups is 2. The van der Waals surface area contributed by atoms with E-state index in [1.807, 2.05) is 6.92 Å². The van der Waals surface area contributed by atoms with Gasteiger partial charge in [-0.2, -0.15) is 0 Å². The van der Waals surface area contributed by atoms with Crippen LogP contribution in [0.5, 0.6) is 0 Å². The molecule has 4 nitrogen and oxygen atoms in total. The van der Waals surface area contributed by atoms with Crippen LogP contribution in [0, 0.1) is 0 Å². The van der Waals surface area contributed by atoms with Crippen LogP contribution in [0.25, 0.3) is 0 Å². The molecule has 0 aromatic heterocycles. The van der Waals surface area contributed by atoms with E-state index in [9.17, 15) is 9.59 Å². The Morgan fingerprint density at radius 1 is 1.20 bits per heavy atom. The summed E-state index contributed by atoms with van der Waals surface area (Å²) < 4.78 is 5.24. The second-order valence-corrected chi connectivity index (χ2v) is 4.10. The summed E-state index contributed by atoms with van der Waals surface area (Å²) in [5.41, 5.74) is -0.405. The topological polar surface area (TPSA) is 63.6 Å². The zero-order valence-corrected chi connectivity index (χ0v) is 8.86. The molecule has 0 spiro atoms. The molecule has 1 rings (SSSR count). The highest BCUT2D eigenvalue weighted by Gasteiger charge is 2.29. The highest BCUT2D eigenvalue weighted by molar-refractivity contribution is 5.90. The smallest absolute Gasteiger partial charge is 0.331 e. The van der Waals surface area contributed by atoms with Gasteiger partial charge in [0.25, 0.3) is 0 Å². The molecule has 0 unspecified atom stereocenters. The lowest BCUT2D eigenvalue weighted by atomic mass is 9.86. The SMILES string of the molecule is CC1(OC(=O)C=CC(=O)O)CCCCC1. The average molecular weight is 212 g/mol. The summed E-state index contributed by atoms with van der Waals surface area (Å²) in [6.07, 6.45) is 6.78. The van der Waals surface area contributed by atoms with Gasteiger partial charge in [-0.25, -0.2) is 9.59 Å². The summed E-state index contributed by atoms with van der Waals surface area (Å²) in [6.45, 7) is 1.90. The fourth-order valence-corrected chi connectivity index (χ4v) is 1.82. The number of hydrogen-bond donors (Lipinski definition) is 1. The van der Waals surface area contributed by atoms with Gasteiger partial charge in [-0.1, -0.05) is 6.42 Å². The van der Waals surface area contributed by atoms with Crippen LogP contribution in [0.2, 0.25) is 0 Å². The monoisotopic (exact) mass is 212 g/mol. The zero-order valence-electron chi connectivity index (χ0n) is 8.86. The molecule has 0 amide bonds. The largest absolute Gasteiger partial charge is 0.478 e. The van der Waals surface area contributed by atoms with Crippen LogP contribution in [-0.2, 0) is 14.3 Å². The van der Waals surface area contributed by atoms with Gasteiger partial charge in [0.15, 0.2) is 0 Å². The molecule has 0 saturated heterocycles. The highest BCUT2D eigenvalue weighted by atomic mass is 16.6. The summed E-state index contributed by atoms with van der Waals surface area (Å²) in [5, 5.41) is 8.34. The van der Waals surface area contributed by atoms with E-state index in [2.05, 4.69) is 0 Å². The molecule has 0 aliphatic heterocycles. The number of aliphatic carboxylic acids is 1. The Balaban J connectivity index is 2.45. The number of hydrogen-bond acceptors (Lipinski definition) is 3. The van der Waals surface area contributed by atoms with E-state index in [4.69, 9.17) is 9.84 Å². The fourth-order valence-electron chi connectivity index (χ4n) is 1.82. The molecule has 1 aliphatic carbocycles. The van der Waals surface area contributed by atoms with E-state index in [0.717, 1.165) is 37.8 Å². The second-order valence-electron chi connectivity index (χ2n) is 4.10. The number of carboxylic acids is 1. The van der Waals surface area contributed by atoms with Crippen molar-refractivity contribution < 1.29 is 19.4 Å². The van der Waals surface area contributed by atoms with E-state index in [1.54, 1.807) is 0 Å². The minimum atomic E-state index is -1.14. The third kappa shape index (κ3) is 4.14. The third-order valence-electron chi connectivity index (χ3n) is 2.62. The maximum absolute atomic E-state index is 11.2. The van der Waals surface area contributed by atoms with E-state index < -0.39 is 17.5 Å². The van der Waals surface area contributed by atoms with Crippen molar-refractivity contribution >= 4 is 11.9 Å². The van der Waals surface area contributed by atoms with Crippen molar-refractivity contribution in [3.8, 4) is 0 Å². The molecule has 0 bridgehead atoms. The zero-order chi connectivity index (χ0) is 11.3. The summed E-state index contributed by atoms with van der Waals surface area (Å²) >= 11 is 0. The fraction of sp³-hybridized carbons (Fsp3) is 0.636. The van der Waals surface area contributed by atoms with Crippen molar-refractivity contribution in [3.05, 3.63) is 12.2 Å². The predicted molar refractivity (Wildman–Crippen MR) is 54.4 cm³/mol. The first-order valence-electron chi connectivity index (χ1n) is 5.16. The quantitative estimate of drug-likeness (QED) is 0.573. The van der Waals surface area contributed by atoms with Crippen molar-refractivity contribution in [1.29, 1.82) is 0 Å². The second kappa shape index (κ2) is 4.96. The number of carbonyl (C=O) groups excluding carboxylic acids is 1. The highest BCUT2D eigenvalue weighted by Crippen LogP contribution is 2.31. The minimum absolute atomic E-state index is 0.405. The van der Waals surface area contributed by atoms with E-state index >= 15 is 0 Å². The van der Waals surface area contributed by atoms with Gasteiger partial charge in [-0.3, -0.25) is 0 Å². The summed E-state index contributed by atoms with van der Waals surface area (Å²) in [6, 6.07) is 0. The maximum atomic E-state index is 11.2. The van der Waals surface area contributed by atoms with Gasteiger partial charge >= 0.3 is 11.9 Å². The van der Waals surface area contributed by atoms with Gasteiger partial charge in [-0.05, 0) is 32.6 Å². The predicted octanol–water partition coefficient (Wildman–Crippen LogP) is 1.89. The maximum Gasteiger partial charge on any atom is 0.331 e. The lowest BCUT2D eigenvalue weighted by Crippen LogP contribution is -2.33. The first-order chi connectivity index (χ1) is 7.02. The Kier molecular flexibility index (Phi) is 3.88. The first-order valence-corrected chi connectivity index (χ1v) is 5.16. The van der Waals surface area contributed by atoms with E-state index in [0.29, 0.717) is 0 Å². The van der Waals surface area contributed by atoms with Gasteiger partial charge in [0.05, 0.1) is 0 Å². The summed E-state index contributed by atoms with van der Waals surface area (Å²) in [5.74, 6) is -1.71. The van der Waals surface area contributed by atoms with Gasteiger partial charge in [-0.15, -0.1) is 0 Å². The molecule has 0 radical (unpaired) electrons. The summed E-state index contributed by atoms with van der Waals surface area (Å²) in [7, 11) is 0. The third-order valence-corrected chi connectivity index (χ3v) is 2.62. The Hall–Kier alpha value is -1.32. The molecule has 1 saturated carbocycles. The van der Waals surface area contributed by atoms with Gasteiger partial charge in [0.1, 0.15) is 5.60 Å². The Bertz CT molecular complexity index is 274. The van der Waals surface area contributed by atoms with E-state index in [1.165, 1.54) is 6.42 Å². The van der Waals surface area contributed by atoms with Crippen LogP contribution >= 0.6 is 0 Å². The van der Waals surface area contributed by atoms with Crippen molar-refractivity contribution in [1.82, 2.24) is 0 Å². The number of ether oxygens (including phenoxy) is 1. The van der Waals surface area contributed by atoms with Crippen LogP contribution in [0.3, 0.4) is 0 Å². The van der Waals surface area contributed by atoms with Crippen molar-refractivity contribution in [2.24, 2.45) is 0 Å². The lowest BCUT2D eigenvalue weighted by Gasteiger charge is -2.32. The molecule has 15 heavy (non-hydrogen) atoms. The van der Waals surface area contributed by atoms with Crippen molar-refractivity contribution in [3.63, 3.8) is 0 Å². The molecular weight excluding hydrogens is 196 g/mol. The molecule has 84 valence electrons. The van der Waals surface area contributed by atoms with Gasteiger partial charge in [0, 0.05) is 12.2 Å². The Labute approximate surface area is 88.9 Å². The molecule has 1 fully saturated rings. The van der Waals surface area contributed by atoms with Crippen LogP contribution in [0.15, 0.2) is 12.2 Å². The number of carboxylic acid groups (broad SMARTS) is 1. The molecule has 0 aromatic carbocycles. The standard InChI is InChI=1S/C11H16O4/c1-11(7-3-2-4-8-11)15-10(14)6-5-9(12)13/h5-6H,2-4,7-8H2,1H3,(H,12,13). The van der Waals surface area contributed by atoms with E-state index in [-0.39, 0.29) is 0 Å². The average Bonchev–Trinajstić information content (AvgIpc) is 2.15. The Morgan fingerprint density at radius 3 is 2.33 bits per heavy atom. The molecular formula is C11H16O4. The van der Waals surface area contributed by atoms with Crippen molar-refractivity contribution in [2.75, 3.05) is 0 Å². The molecule has 0 heterocycles. The van der Waals surface area contributed by atoms with Gasteiger partial charge < -0.3 is 9.84 Å². The molecule has 4 heteroatoms. The molecule has 1 aliphatic rings. The number of rotatable bonds is 3. The minimum Gasteiger partial charge on any atom is -0.478 e. The Morgan fingerprint density at radius 2 is 1.80 bits per heavy atom. The van der Waals surface area contributed by atoms with Crippen molar-refractivity contribution in [2.45, 2.75) is 44.6 Å². The summed E-state index contributed by atoms with van der Waals surface area (Å²) in [4.78, 5) is 21.4. The molecule has 0 aromatic rings. The number of esters is 1.